The molecule has 0 radical (unpaired) electrons. The number of likely N-dealkylation sites (N-methyl/N-ethyl adjacent to an activating group) is 1. The number of nitrogens with two attached hydrogens (primary N) is 1. The first-order valence-electron chi connectivity index (χ1n) is 5.82. The van der Waals surface area contributed by atoms with Crippen molar-refractivity contribution in [2.45, 2.75) is 12.5 Å². The van der Waals surface area contributed by atoms with Crippen molar-refractivity contribution in [2.75, 3.05) is 20.7 Å². The van der Waals surface area contributed by atoms with Gasteiger partial charge in [-0.15, -0.1) is 0 Å². The fourth-order valence-corrected chi connectivity index (χ4v) is 1.58. The van der Waals surface area contributed by atoms with E-state index in [1.165, 1.54) is 11.9 Å². The second-order valence-corrected chi connectivity index (χ2v) is 4.18. The van der Waals surface area contributed by atoms with Crippen molar-refractivity contribution in [1.82, 2.24) is 4.90 Å². The fourth-order valence-electron chi connectivity index (χ4n) is 1.58. The molecule has 1 unspecified atom stereocenters. The Kier molecular flexibility index (Phi) is 5.32. The van der Waals surface area contributed by atoms with E-state index in [0.29, 0.717) is 13.0 Å². The third kappa shape index (κ3) is 4.26. The summed E-state index contributed by atoms with van der Waals surface area (Å²) >= 11 is 0. The van der Waals surface area contributed by atoms with E-state index in [9.17, 15) is 9.59 Å². The van der Waals surface area contributed by atoms with E-state index in [0.717, 1.165) is 11.3 Å². The SMILES string of the molecule is COc1cccc(CCN(C)C(=O)C(N)C(=O)O)c1. The second kappa shape index (κ2) is 6.75. The standard InChI is InChI=1S/C13H18N2O4/c1-15(12(16)11(14)13(17)18)7-6-9-4-3-5-10(8-9)19-2/h3-5,8,11H,6-7,14H2,1-2H3,(H,17,18). The topological polar surface area (TPSA) is 92.9 Å². The number of hydrogen-bond donors (Lipinski definition) is 2. The molecule has 0 heterocycles. The predicted molar refractivity (Wildman–Crippen MR) is 69.9 cm³/mol. The number of hydrogen-bond acceptors (Lipinski definition) is 4. The monoisotopic (exact) mass is 266 g/mol. The highest BCUT2D eigenvalue weighted by Gasteiger charge is 2.24. The smallest absolute Gasteiger partial charge is 0.330 e. The summed E-state index contributed by atoms with van der Waals surface area (Å²) < 4.78 is 5.10. The Morgan fingerprint density at radius 2 is 2.16 bits per heavy atom. The molecule has 1 rings (SSSR count). The number of carbonyl (C=O) groups excluding carboxylic acids is 1. The highest BCUT2D eigenvalue weighted by atomic mass is 16.5. The van der Waals surface area contributed by atoms with Crippen LogP contribution in [0.4, 0.5) is 0 Å². The number of aliphatic carboxylic acids is 1. The molecule has 0 saturated carbocycles. The van der Waals surface area contributed by atoms with Crippen molar-refractivity contribution in [3.63, 3.8) is 0 Å². The summed E-state index contributed by atoms with van der Waals surface area (Å²) in [7, 11) is 3.12. The van der Waals surface area contributed by atoms with Crippen LogP contribution in [0.15, 0.2) is 24.3 Å². The van der Waals surface area contributed by atoms with Gasteiger partial charge < -0.3 is 20.5 Å². The molecule has 0 aliphatic rings. The molecule has 0 aliphatic heterocycles. The minimum absolute atomic E-state index is 0.396. The van der Waals surface area contributed by atoms with Gasteiger partial charge in [-0.2, -0.15) is 0 Å². The number of methoxy groups -OCH3 is 1. The Balaban J connectivity index is 2.56. The maximum Gasteiger partial charge on any atom is 0.330 e. The fraction of sp³-hybridized carbons (Fsp3) is 0.385. The van der Waals surface area contributed by atoms with Gasteiger partial charge in [0.1, 0.15) is 5.75 Å². The number of ether oxygens (including phenoxy) is 1. The number of nitrogens with zero attached hydrogens (tertiary/aromatic N) is 1. The lowest BCUT2D eigenvalue weighted by molar-refractivity contribution is -0.145. The van der Waals surface area contributed by atoms with Crippen molar-refractivity contribution < 1.29 is 19.4 Å². The van der Waals surface area contributed by atoms with Gasteiger partial charge in [-0.1, -0.05) is 12.1 Å². The Labute approximate surface area is 111 Å². The van der Waals surface area contributed by atoms with Crippen molar-refractivity contribution >= 4 is 11.9 Å². The highest BCUT2D eigenvalue weighted by molar-refractivity contribution is 6.00. The van der Waals surface area contributed by atoms with Crippen LogP contribution in [0.1, 0.15) is 5.56 Å². The van der Waals surface area contributed by atoms with Crippen molar-refractivity contribution in [3.05, 3.63) is 29.8 Å². The molecule has 1 atom stereocenters. The van der Waals surface area contributed by atoms with Crippen LogP contribution in [0.25, 0.3) is 0 Å². The van der Waals surface area contributed by atoms with Gasteiger partial charge in [-0.3, -0.25) is 4.79 Å². The van der Waals surface area contributed by atoms with E-state index in [1.54, 1.807) is 7.11 Å². The summed E-state index contributed by atoms with van der Waals surface area (Å²) in [6, 6.07) is 5.97. The van der Waals surface area contributed by atoms with E-state index in [-0.39, 0.29) is 0 Å². The maximum atomic E-state index is 11.6. The molecule has 1 amide bonds. The Hall–Kier alpha value is -2.08. The summed E-state index contributed by atoms with van der Waals surface area (Å²) in [6.07, 6.45) is 0.603. The van der Waals surface area contributed by atoms with E-state index in [1.807, 2.05) is 24.3 Å². The molecule has 1 aromatic rings. The van der Waals surface area contributed by atoms with Crippen LogP contribution in [0.5, 0.6) is 5.75 Å². The van der Waals surface area contributed by atoms with Gasteiger partial charge in [0.2, 0.25) is 0 Å². The molecule has 3 N–H and O–H groups in total. The zero-order chi connectivity index (χ0) is 14.4. The average Bonchev–Trinajstić information content (AvgIpc) is 2.43. The molecule has 0 bridgehead atoms. The van der Waals surface area contributed by atoms with Gasteiger partial charge in [-0.25, -0.2) is 4.79 Å². The number of benzene rings is 1. The van der Waals surface area contributed by atoms with Crippen LogP contribution in [-0.2, 0) is 16.0 Å². The van der Waals surface area contributed by atoms with Gasteiger partial charge in [0, 0.05) is 13.6 Å². The van der Waals surface area contributed by atoms with Gasteiger partial charge in [-0.05, 0) is 24.1 Å². The van der Waals surface area contributed by atoms with Crippen LogP contribution in [0.3, 0.4) is 0 Å². The Morgan fingerprint density at radius 3 is 2.74 bits per heavy atom. The molecule has 1 aromatic carbocycles. The number of rotatable bonds is 6. The number of carbonyl (C=O) groups is 2. The lowest BCUT2D eigenvalue weighted by Gasteiger charge is -2.19. The van der Waals surface area contributed by atoms with E-state index in [2.05, 4.69) is 0 Å². The molecule has 0 spiro atoms. The van der Waals surface area contributed by atoms with E-state index in [4.69, 9.17) is 15.6 Å². The maximum absolute atomic E-state index is 11.6. The van der Waals surface area contributed by atoms with Crippen molar-refractivity contribution in [1.29, 1.82) is 0 Å². The summed E-state index contributed by atoms with van der Waals surface area (Å²) in [5.74, 6) is -1.18. The summed E-state index contributed by atoms with van der Waals surface area (Å²) in [5.41, 5.74) is 6.27. The van der Waals surface area contributed by atoms with Crippen LogP contribution in [0, 0.1) is 0 Å². The largest absolute Gasteiger partial charge is 0.497 e. The molecule has 0 fully saturated rings. The molecule has 6 heteroatoms. The van der Waals surface area contributed by atoms with Gasteiger partial charge in [0.15, 0.2) is 6.04 Å². The van der Waals surface area contributed by atoms with Gasteiger partial charge >= 0.3 is 5.97 Å². The van der Waals surface area contributed by atoms with E-state index < -0.39 is 17.9 Å². The predicted octanol–water partition coefficient (Wildman–Crippen LogP) is 0.108. The van der Waals surface area contributed by atoms with Crippen LogP contribution in [-0.4, -0.2) is 48.6 Å². The number of carboxylic acids is 1. The van der Waals surface area contributed by atoms with Gasteiger partial charge in [0.25, 0.3) is 5.91 Å². The summed E-state index contributed by atoms with van der Waals surface area (Å²) in [4.78, 5) is 23.6. The number of amides is 1. The molecule has 0 aliphatic carbocycles. The van der Waals surface area contributed by atoms with Crippen molar-refractivity contribution in [3.8, 4) is 5.75 Å². The lowest BCUT2D eigenvalue weighted by Crippen LogP contribution is -2.47. The zero-order valence-corrected chi connectivity index (χ0v) is 11.0. The minimum Gasteiger partial charge on any atom is -0.497 e. The summed E-state index contributed by atoms with van der Waals surface area (Å²) in [5, 5.41) is 8.67. The van der Waals surface area contributed by atoms with Gasteiger partial charge in [0.05, 0.1) is 7.11 Å². The highest BCUT2D eigenvalue weighted by Crippen LogP contribution is 2.13. The van der Waals surface area contributed by atoms with Crippen LogP contribution < -0.4 is 10.5 Å². The first-order chi connectivity index (χ1) is 8.95. The van der Waals surface area contributed by atoms with E-state index >= 15 is 0 Å². The average molecular weight is 266 g/mol. The molecule has 19 heavy (non-hydrogen) atoms. The molecule has 104 valence electrons. The first kappa shape index (κ1) is 15.0. The normalized spacial score (nSPS) is 11.7. The molecular weight excluding hydrogens is 248 g/mol. The Morgan fingerprint density at radius 1 is 1.47 bits per heavy atom. The molecule has 6 nitrogen and oxygen atoms in total. The summed E-state index contributed by atoms with van der Waals surface area (Å²) in [6.45, 7) is 0.396. The molecular formula is C13H18N2O4. The van der Waals surface area contributed by atoms with Crippen LogP contribution in [0.2, 0.25) is 0 Å². The minimum atomic E-state index is -1.50. The quantitative estimate of drug-likeness (QED) is 0.713. The zero-order valence-electron chi connectivity index (χ0n) is 11.0. The molecule has 0 aromatic heterocycles. The molecule has 0 saturated heterocycles. The van der Waals surface area contributed by atoms with Crippen molar-refractivity contribution in [2.24, 2.45) is 5.73 Å². The number of carboxylic acid groups (broad SMARTS) is 1. The Bertz CT molecular complexity index is 462. The third-order valence-corrected chi connectivity index (χ3v) is 2.78. The van der Waals surface area contributed by atoms with Crippen LogP contribution >= 0.6 is 0 Å². The lowest BCUT2D eigenvalue weighted by atomic mass is 10.1. The first-order valence-corrected chi connectivity index (χ1v) is 5.82. The third-order valence-electron chi connectivity index (χ3n) is 2.78. The second-order valence-electron chi connectivity index (χ2n) is 4.18.